The lowest BCUT2D eigenvalue weighted by Crippen LogP contribution is -2.56. The van der Waals surface area contributed by atoms with Gasteiger partial charge in [-0.1, -0.05) is 0 Å². The Balaban J connectivity index is 1.14. The Morgan fingerprint density at radius 3 is 2.81 bits per heavy atom. The summed E-state index contributed by atoms with van der Waals surface area (Å²) in [6, 6.07) is 5.44. The number of rotatable bonds is 6. The molecule has 1 aromatic carbocycles. The highest BCUT2D eigenvalue weighted by Gasteiger charge is 2.33. The quantitative estimate of drug-likeness (QED) is 0.457. The Labute approximate surface area is 212 Å². The summed E-state index contributed by atoms with van der Waals surface area (Å²) in [7, 11) is 1.55. The number of nitrogens with one attached hydrogen (secondary N) is 3. The van der Waals surface area contributed by atoms with E-state index in [0.29, 0.717) is 43.7 Å². The second-order valence-electron chi connectivity index (χ2n) is 9.32. The third-order valence-electron chi connectivity index (χ3n) is 6.91. The Hall–Kier alpha value is -3.51. The molecule has 2 saturated heterocycles. The van der Waals surface area contributed by atoms with Gasteiger partial charge in [-0.3, -0.25) is 24.4 Å². The summed E-state index contributed by atoms with van der Waals surface area (Å²) >= 11 is 1.62. The highest BCUT2D eigenvalue weighted by Crippen LogP contribution is 2.24. The Morgan fingerprint density at radius 2 is 2.06 bits per heavy atom. The van der Waals surface area contributed by atoms with Crippen LogP contribution in [-0.2, 0) is 9.59 Å². The van der Waals surface area contributed by atoms with Gasteiger partial charge in [0.25, 0.3) is 5.91 Å². The van der Waals surface area contributed by atoms with E-state index in [0.717, 1.165) is 23.7 Å². The lowest BCUT2D eigenvalue weighted by molar-refractivity contribution is -0.134. The molecule has 5 rings (SSSR count). The van der Waals surface area contributed by atoms with Gasteiger partial charge in [-0.25, -0.2) is 4.98 Å². The lowest BCUT2D eigenvalue weighted by Gasteiger charge is -2.40. The van der Waals surface area contributed by atoms with Crippen molar-refractivity contribution in [3.8, 4) is 0 Å². The van der Waals surface area contributed by atoms with Crippen LogP contribution in [0.3, 0.4) is 0 Å². The Bertz CT molecular complexity index is 1260. The number of H-pyrrole nitrogens is 1. The molecule has 12 heteroatoms. The minimum absolute atomic E-state index is 0.0836. The second-order valence-corrected chi connectivity index (χ2v) is 10.2. The summed E-state index contributed by atoms with van der Waals surface area (Å²) in [6.45, 7) is 5.86. The number of carbonyl (C=O) groups is 3. The third-order valence-corrected chi connectivity index (χ3v) is 7.74. The average Bonchev–Trinajstić information content (AvgIpc) is 3.64. The fraction of sp³-hybridized carbons (Fsp3) is 0.458. The molecule has 3 N–H and O–H groups in total. The number of carbonyl (C=O) groups excluding carboxylic acids is 3. The number of amides is 3. The molecule has 2 aliphatic heterocycles. The van der Waals surface area contributed by atoms with Gasteiger partial charge < -0.3 is 20.4 Å². The fourth-order valence-corrected chi connectivity index (χ4v) is 5.65. The van der Waals surface area contributed by atoms with Gasteiger partial charge in [0.15, 0.2) is 10.8 Å². The van der Waals surface area contributed by atoms with Crippen molar-refractivity contribution >= 4 is 50.8 Å². The van der Waals surface area contributed by atoms with Crippen LogP contribution >= 0.6 is 11.3 Å². The van der Waals surface area contributed by atoms with E-state index in [1.807, 2.05) is 10.3 Å². The van der Waals surface area contributed by atoms with E-state index in [9.17, 15) is 14.4 Å². The largest absolute Gasteiger partial charge is 0.354 e. The standard InChI is InChI=1S/C24H30N8O3S/c1-15-12-31(24-26-6-10-36-24)8-9-32(15)20(33)14-30-7-5-16(13-30)22(34)27-17-3-4-19-18(11-17)21(29-28-19)23(35)25-2/h3-4,6,10-11,15-16H,5,7-9,12-14H2,1-2H3,(H,25,35)(H,27,34)(H,28,29)/t15-,16+/m0/s1. The monoisotopic (exact) mass is 510 g/mol. The molecule has 2 aromatic heterocycles. The molecule has 0 bridgehead atoms. The van der Waals surface area contributed by atoms with E-state index in [1.54, 1.807) is 42.8 Å². The summed E-state index contributed by atoms with van der Waals surface area (Å²) in [4.78, 5) is 48.7. The average molecular weight is 511 g/mol. The molecule has 190 valence electrons. The van der Waals surface area contributed by atoms with Crippen molar-refractivity contribution in [2.75, 3.05) is 56.5 Å². The van der Waals surface area contributed by atoms with Crippen LogP contribution in [0, 0.1) is 5.92 Å². The molecule has 4 heterocycles. The van der Waals surface area contributed by atoms with E-state index >= 15 is 0 Å². The lowest BCUT2D eigenvalue weighted by atomic mass is 10.1. The highest BCUT2D eigenvalue weighted by atomic mass is 32.1. The summed E-state index contributed by atoms with van der Waals surface area (Å²) < 4.78 is 0. The highest BCUT2D eigenvalue weighted by molar-refractivity contribution is 7.13. The van der Waals surface area contributed by atoms with Gasteiger partial charge in [0.2, 0.25) is 11.8 Å². The molecular weight excluding hydrogens is 480 g/mol. The van der Waals surface area contributed by atoms with Crippen molar-refractivity contribution in [1.29, 1.82) is 0 Å². The van der Waals surface area contributed by atoms with Crippen molar-refractivity contribution < 1.29 is 14.4 Å². The molecule has 0 radical (unpaired) electrons. The van der Waals surface area contributed by atoms with Gasteiger partial charge >= 0.3 is 0 Å². The number of likely N-dealkylation sites (tertiary alicyclic amines) is 1. The number of thiazole rings is 1. The number of fused-ring (bicyclic) bond motifs is 1. The number of aromatic nitrogens is 3. The Kier molecular flexibility index (Phi) is 6.88. The van der Waals surface area contributed by atoms with Crippen LogP contribution < -0.4 is 15.5 Å². The predicted octanol–water partition coefficient (Wildman–Crippen LogP) is 1.38. The number of hydrogen-bond acceptors (Lipinski definition) is 8. The van der Waals surface area contributed by atoms with Crippen molar-refractivity contribution in [2.45, 2.75) is 19.4 Å². The minimum atomic E-state index is -0.292. The Morgan fingerprint density at radius 1 is 1.19 bits per heavy atom. The first kappa shape index (κ1) is 24.2. The zero-order valence-corrected chi connectivity index (χ0v) is 21.2. The molecule has 2 atom stereocenters. The smallest absolute Gasteiger partial charge is 0.272 e. The molecule has 2 fully saturated rings. The van der Waals surface area contributed by atoms with Crippen molar-refractivity contribution in [3.05, 3.63) is 35.5 Å². The molecule has 0 unspecified atom stereocenters. The molecule has 36 heavy (non-hydrogen) atoms. The van der Waals surface area contributed by atoms with Crippen LogP contribution in [0.25, 0.3) is 10.9 Å². The number of aromatic amines is 1. The van der Waals surface area contributed by atoms with E-state index in [-0.39, 0.29) is 35.4 Å². The molecule has 0 aliphatic carbocycles. The summed E-state index contributed by atoms with van der Waals surface area (Å²) in [5.74, 6) is -0.468. The van der Waals surface area contributed by atoms with Crippen LogP contribution in [0.15, 0.2) is 29.8 Å². The zero-order chi connectivity index (χ0) is 25.2. The van der Waals surface area contributed by atoms with E-state index in [1.165, 1.54) is 0 Å². The predicted molar refractivity (Wildman–Crippen MR) is 138 cm³/mol. The van der Waals surface area contributed by atoms with Crippen LogP contribution in [0.5, 0.6) is 0 Å². The van der Waals surface area contributed by atoms with Crippen molar-refractivity contribution in [2.24, 2.45) is 5.92 Å². The zero-order valence-electron chi connectivity index (χ0n) is 20.4. The summed E-state index contributed by atoms with van der Waals surface area (Å²) in [5.41, 5.74) is 1.62. The first-order chi connectivity index (χ1) is 17.4. The molecular formula is C24H30N8O3S. The fourth-order valence-electron chi connectivity index (χ4n) is 4.97. The van der Waals surface area contributed by atoms with Crippen molar-refractivity contribution in [3.63, 3.8) is 0 Å². The van der Waals surface area contributed by atoms with E-state index in [2.05, 4.69) is 42.5 Å². The first-order valence-electron chi connectivity index (χ1n) is 12.1. The van der Waals surface area contributed by atoms with Gasteiger partial charge in [-0.2, -0.15) is 5.10 Å². The van der Waals surface area contributed by atoms with Crippen LogP contribution in [0.2, 0.25) is 0 Å². The topological polar surface area (TPSA) is 127 Å². The summed E-state index contributed by atoms with van der Waals surface area (Å²) in [6.07, 6.45) is 2.50. The van der Waals surface area contributed by atoms with E-state index < -0.39 is 0 Å². The molecule has 0 spiro atoms. The number of anilines is 2. The second kappa shape index (κ2) is 10.2. The summed E-state index contributed by atoms with van der Waals surface area (Å²) in [5, 5.41) is 16.0. The number of piperazine rings is 1. The maximum Gasteiger partial charge on any atom is 0.272 e. The van der Waals surface area contributed by atoms with Crippen LogP contribution in [-0.4, -0.2) is 95.1 Å². The van der Waals surface area contributed by atoms with E-state index in [4.69, 9.17) is 0 Å². The van der Waals surface area contributed by atoms with Gasteiger partial charge in [-0.05, 0) is 38.1 Å². The third kappa shape index (κ3) is 4.91. The van der Waals surface area contributed by atoms with Crippen molar-refractivity contribution in [1.82, 2.24) is 30.3 Å². The van der Waals surface area contributed by atoms with Crippen LogP contribution in [0.1, 0.15) is 23.8 Å². The van der Waals surface area contributed by atoms with Gasteiger partial charge in [-0.15, -0.1) is 11.3 Å². The number of benzene rings is 1. The molecule has 3 aromatic rings. The van der Waals surface area contributed by atoms with Crippen LogP contribution in [0.4, 0.5) is 10.8 Å². The molecule has 0 saturated carbocycles. The molecule has 2 aliphatic rings. The first-order valence-corrected chi connectivity index (χ1v) is 13.0. The van der Waals surface area contributed by atoms with Gasteiger partial charge in [0.05, 0.1) is 18.0 Å². The number of hydrogen-bond donors (Lipinski definition) is 3. The normalized spacial score (nSPS) is 20.6. The molecule has 3 amide bonds. The van der Waals surface area contributed by atoms with Gasteiger partial charge in [0.1, 0.15) is 0 Å². The maximum absolute atomic E-state index is 13.0. The maximum atomic E-state index is 13.0. The molecule has 11 nitrogen and oxygen atoms in total. The van der Waals surface area contributed by atoms with Gasteiger partial charge in [0, 0.05) is 61.9 Å². The number of nitrogens with zero attached hydrogens (tertiary/aromatic N) is 5. The SMILES string of the molecule is CNC(=O)c1n[nH]c2ccc(NC(=O)[C@@H]3CCN(CC(=O)N4CCN(c5nccs5)C[C@@H]4C)C3)cc12. The minimum Gasteiger partial charge on any atom is -0.354 e.